The molecular formula is C20H26N4O2. The van der Waals surface area contributed by atoms with Crippen molar-refractivity contribution in [2.75, 3.05) is 51.7 Å². The first-order chi connectivity index (χ1) is 12.8. The Morgan fingerprint density at radius 1 is 1.12 bits per heavy atom. The van der Waals surface area contributed by atoms with Crippen LogP contribution in [0.2, 0.25) is 0 Å². The van der Waals surface area contributed by atoms with Crippen molar-refractivity contribution in [3.8, 4) is 5.75 Å². The van der Waals surface area contributed by atoms with Crippen LogP contribution >= 0.6 is 0 Å². The van der Waals surface area contributed by atoms with Gasteiger partial charge in [0.15, 0.2) is 0 Å². The predicted molar refractivity (Wildman–Crippen MR) is 102 cm³/mol. The Morgan fingerprint density at radius 3 is 2.58 bits per heavy atom. The Bertz CT molecular complexity index is 700. The van der Waals surface area contributed by atoms with Crippen molar-refractivity contribution in [2.24, 2.45) is 0 Å². The molecule has 1 aliphatic heterocycles. The molecule has 0 atom stereocenters. The molecule has 1 aliphatic rings. The second-order valence-electron chi connectivity index (χ2n) is 6.38. The Hall–Kier alpha value is -2.60. The standard InChI is InChI=1S/C20H26N4O2/c1-26-19-5-3-2-4-18(19)22-16-20(25)24-14-12-23(13-15-24)11-8-17-6-9-21-10-7-17/h2-7,9-10,22H,8,11-16H2,1H3. The van der Waals surface area contributed by atoms with E-state index in [4.69, 9.17) is 4.74 Å². The smallest absolute Gasteiger partial charge is 0.241 e. The molecule has 2 aromatic rings. The maximum absolute atomic E-state index is 12.5. The molecule has 1 fully saturated rings. The summed E-state index contributed by atoms with van der Waals surface area (Å²) >= 11 is 0. The number of nitrogens with zero attached hydrogens (tertiary/aromatic N) is 3. The van der Waals surface area contributed by atoms with Crippen LogP contribution < -0.4 is 10.1 Å². The molecule has 26 heavy (non-hydrogen) atoms. The summed E-state index contributed by atoms with van der Waals surface area (Å²) < 4.78 is 5.30. The third-order valence-electron chi connectivity index (χ3n) is 4.73. The second-order valence-corrected chi connectivity index (χ2v) is 6.38. The van der Waals surface area contributed by atoms with Crippen LogP contribution in [0, 0.1) is 0 Å². The lowest BCUT2D eigenvalue weighted by atomic mass is 10.2. The van der Waals surface area contributed by atoms with Gasteiger partial charge in [-0.2, -0.15) is 0 Å². The Labute approximate surface area is 154 Å². The SMILES string of the molecule is COc1ccccc1NCC(=O)N1CCN(CCc2ccncc2)CC1. The van der Waals surface area contributed by atoms with Gasteiger partial charge >= 0.3 is 0 Å². The van der Waals surface area contributed by atoms with Crippen molar-refractivity contribution in [1.29, 1.82) is 0 Å². The summed E-state index contributed by atoms with van der Waals surface area (Å²) in [7, 11) is 1.63. The minimum atomic E-state index is 0.129. The van der Waals surface area contributed by atoms with E-state index < -0.39 is 0 Å². The van der Waals surface area contributed by atoms with Gasteiger partial charge in [0.05, 0.1) is 19.3 Å². The second kappa shape index (κ2) is 9.20. The van der Waals surface area contributed by atoms with Gasteiger partial charge in [0.1, 0.15) is 5.75 Å². The van der Waals surface area contributed by atoms with E-state index >= 15 is 0 Å². The number of hydrogen-bond donors (Lipinski definition) is 1. The molecule has 0 saturated carbocycles. The molecule has 1 N–H and O–H groups in total. The highest BCUT2D eigenvalue weighted by Crippen LogP contribution is 2.22. The number of rotatable bonds is 7. The third kappa shape index (κ3) is 4.95. The van der Waals surface area contributed by atoms with E-state index in [9.17, 15) is 4.79 Å². The summed E-state index contributed by atoms with van der Waals surface area (Å²) in [5, 5.41) is 3.18. The molecule has 1 saturated heterocycles. The normalized spacial score (nSPS) is 14.9. The Balaban J connectivity index is 1.40. The molecule has 6 nitrogen and oxygen atoms in total. The fraction of sp³-hybridized carbons (Fsp3) is 0.400. The van der Waals surface area contributed by atoms with E-state index in [2.05, 4.69) is 27.3 Å². The number of carbonyl (C=O) groups excluding carboxylic acids is 1. The van der Waals surface area contributed by atoms with Crippen LogP contribution in [0.5, 0.6) is 5.75 Å². The van der Waals surface area contributed by atoms with Crippen molar-refractivity contribution < 1.29 is 9.53 Å². The quantitative estimate of drug-likeness (QED) is 0.823. The number of methoxy groups -OCH3 is 1. The van der Waals surface area contributed by atoms with Crippen LogP contribution in [0.1, 0.15) is 5.56 Å². The van der Waals surface area contributed by atoms with E-state index in [1.165, 1.54) is 5.56 Å². The van der Waals surface area contributed by atoms with Crippen LogP contribution in [-0.4, -0.2) is 67.1 Å². The van der Waals surface area contributed by atoms with Gasteiger partial charge in [-0.05, 0) is 36.2 Å². The zero-order valence-electron chi connectivity index (χ0n) is 15.2. The van der Waals surface area contributed by atoms with E-state index in [0.29, 0.717) is 0 Å². The molecule has 0 radical (unpaired) electrons. The van der Waals surface area contributed by atoms with Crippen molar-refractivity contribution in [2.45, 2.75) is 6.42 Å². The van der Waals surface area contributed by atoms with Gasteiger partial charge < -0.3 is 15.0 Å². The van der Waals surface area contributed by atoms with Crippen LogP contribution in [-0.2, 0) is 11.2 Å². The van der Waals surface area contributed by atoms with Gasteiger partial charge in [-0.25, -0.2) is 0 Å². The fourth-order valence-electron chi connectivity index (χ4n) is 3.13. The van der Waals surface area contributed by atoms with E-state index in [0.717, 1.165) is 50.6 Å². The van der Waals surface area contributed by atoms with Crippen molar-refractivity contribution in [3.05, 3.63) is 54.4 Å². The number of anilines is 1. The van der Waals surface area contributed by atoms with Crippen molar-refractivity contribution >= 4 is 11.6 Å². The predicted octanol–water partition coefficient (Wildman–Crippen LogP) is 1.89. The van der Waals surface area contributed by atoms with Gasteiger partial charge in [0.2, 0.25) is 5.91 Å². The van der Waals surface area contributed by atoms with E-state index in [1.807, 2.05) is 41.6 Å². The average molecular weight is 354 g/mol. The first-order valence-corrected chi connectivity index (χ1v) is 9.02. The molecular weight excluding hydrogens is 328 g/mol. The molecule has 2 heterocycles. The molecule has 0 unspecified atom stereocenters. The van der Waals surface area contributed by atoms with Crippen LogP contribution in [0.15, 0.2) is 48.8 Å². The van der Waals surface area contributed by atoms with Crippen molar-refractivity contribution in [1.82, 2.24) is 14.8 Å². The highest BCUT2D eigenvalue weighted by atomic mass is 16.5. The van der Waals surface area contributed by atoms with E-state index in [-0.39, 0.29) is 12.5 Å². The van der Waals surface area contributed by atoms with Gasteiger partial charge in [0, 0.05) is 45.1 Å². The van der Waals surface area contributed by atoms with Gasteiger partial charge in [-0.1, -0.05) is 12.1 Å². The number of carbonyl (C=O) groups is 1. The van der Waals surface area contributed by atoms with Gasteiger partial charge in [-0.15, -0.1) is 0 Å². The molecule has 0 spiro atoms. The molecule has 1 aromatic carbocycles. The molecule has 3 rings (SSSR count). The van der Waals surface area contributed by atoms with Crippen LogP contribution in [0.3, 0.4) is 0 Å². The summed E-state index contributed by atoms with van der Waals surface area (Å²) in [6.45, 7) is 4.71. The average Bonchev–Trinajstić information content (AvgIpc) is 2.72. The topological polar surface area (TPSA) is 57.7 Å². The van der Waals surface area contributed by atoms with Gasteiger partial charge in [-0.3, -0.25) is 14.7 Å². The molecule has 1 aromatic heterocycles. The minimum Gasteiger partial charge on any atom is -0.495 e. The lowest BCUT2D eigenvalue weighted by Gasteiger charge is -2.34. The molecule has 0 bridgehead atoms. The largest absolute Gasteiger partial charge is 0.495 e. The highest BCUT2D eigenvalue weighted by Gasteiger charge is 2.20. The summed E-state index contributed by atoms with van der Waals surface area (Å²) in [6, 6.07) is 11.8. The number of nitrogens with one attached hydrogen (secondary N) is 1. The number of para-hydroxylation sites is 2. The van der Waals surface area contributed by atoms with Crippen LogP contribution in [0.4, 0.5) is 5.69 Å². The number of amides is 1. The zero-order valence-corrected chi connectivity index (χ0v) is 15.2. The monoisotopic (exact) mass is 354 g/mol. The number of hydrogen-bond acceptors (Lipinski definition) is 5. The number of pyridine rings is 1. The molecule has 0 aliphatic carbocycles. The summed E-state index contributed by atoms with van der Waals surface area (Å²) in [5.41, 5.74) is 2.15. The fourth-order valence-corrected chi connectivity index (χ4v) is 3.13. The maximum atomic E-state index is 12.5. The Morgan fingerprint density at radius 2 is 1.85 bits per heavy atom. The number of benzene rings is 1. The first kappa shape index (κ1) is 18.2. The van der Waals surface area contributed by atoms with E-state index in [1.54, 1.807) is 7.11 Å². The van der Waals surface area contributed by atoms with Crippen molar-refractivity contribution in [3.63, 3.8) is 0 Å². The molecule has 6 heteroatoms. The molecule has 138 valence electrons. The number of aromatic nitrogens is 1. The third-order valence-corrected chi connectivity index (χ3v) is 4.73. The zero-order chi connectivity index (χ0) is 18.2. The number of piperazine rings is 1. The van der Waals surface area contributed by atoms with Gasteiger partial charge in [0.25, 0.3) is 0 Å². The number of ether oxygens (including phenoxy) is 1. The lowest BCUT2D eigenvalue weighted by Crippen LogP contribution is -2.50. The highest BCUT2D eigenvalue weighted by molar-refractivity contribution is 5.81. The maximum Gasteiger partial charge on any atom is 0.241 e. The molecule has 1 amide bonds. The lowest BCUT2D eigenvalue weighted by molar-refractivity contribution is -0.131. The Kier molecular flexibility index (Phi) is 6.44. The summed E-state index contributed by atoms with van der Waals surface area (Å²) in [6.07, 6.45) is 4.69. The summed E-state index contributed by atoms with van der Waals surface area (Å²) in [4.78, 5) is 20.9. The summed E-state index contributed by atoms with van der Waals surface area (Å²) in [5.74, 6) is 0.880. The van der Waals surface area contributed by atoms with Crippen LogP contribution in [0.25, 0.3) is 0 Å². The minimum absolute atomic E-state index is 0.129. The first-order valence-electron chi connectivity index (χ1n) is 9.02.